The number of halogens is 1. The average Bonchev–Trinajstić information content (AvgIpc) is 1.39. The van der Waals surface area contributed by atoms with Gasteiger partial charge in [-0.05, 0) is 12.2 Å². The summed E-state index contributed by atoms with van der Waals surface area (Å²) >= 11 is 12.4. The molecule has 6 aliphatic rings. The van der Waals surface area contributed by atoms with Crippen molar-refractivity contribution in [3.8, 4) is 0 Å². The number of carbonyl (C=O) groups is 5. The molecule has 1 N–H and O–H groups in total. The fourth-order valence-electron chi connectivity index (χ4n) is 11.1. The molecule has 8 aromatic carbocycles. The van der Waals surface area contributed by atoms with Gasteiger partial charge in [0.2, 0.25) is 11.8 Å². The van der Waals surface area contributed by atoms with Crippen LogP contribution in [0.2, 0.25) is 0 Å². The first kappa shape index (κ1) is 74.6. The van der Waals surface area contributed by atoms with Crippen molar-refractivity contribution in [1.29, 1.82) is 0 Å². The molecule has 0 radical (unpaired) electrons. The summed E-state index contributed by atoms with van der Waals surface area (Å²) in [5.41, 5.74) is 10.7. The van der Waals surface area contributed by atoms with Crippen LogP contribution in [0, 0.1) is 2.44 Å². The maximum atomic E-state index is 12.7. The van der Waals surface area contributed by atoms with Crippen LogP contribution in [0.3, 0.4) is 0 Å². The van der Waals surface area contributed by atoms with Crippen LogP contribution in [-0.2, 0) is 19.2 Å². The Morgan fingerprint density at radius 2 is 0.716 bits per heavy atom. The van der Waals surface area contributed by atoms with Crippen LogP contribution < -0.4 is 48.9 Å². The first-order chi connectivity index (χ1) is 49.6. The number of amides is 4. The number of thiocarbonyl (C=S) groups is 2. The zero-order valence-corrected chi connectivity index (χ0v) is 74.7. The molecule has 0 spiro atoms. The standard InChI is InChI=1S/C23H17N3O2SSeTe.C17H11NOSeTe.C16H11NSeTe.C12H9NTe.C6H8N2O2S.C4H3ISe/c1-24-21(27)15(22(28)25(2)23(24)29)13-14-11-12-20(30-14)26-16-7-3-5-9-18(16)31-19-10-6-4-8-17(19)26;19-11-12-9-10-17(20-12)18-13-5-1-3-7-15(13)21-16-8-4-2-6-14(16)18;1-3-8-14-12(6-1)17(16-10-5-11-18-16)13-7-2-4-9-15(13)19-14;1-3-7-11-9(5-1)13-10-6-2-4-8-12(10)14-11;1-7-4(9)3-5(10)8(2)6(7)11;5-4-2-1-3-6-4/h3-13H,1-2H3;1-11H;1-11H;1-8,13H;3H2,1-2H3;1-3H. The molecular formula is C78H59IN8O5S2Se4Te4. The Kier molecular flexibility index (Phi) is 25.4. The van der Waals surface area contributed by atoms with Crippen molar-refractivity contribution in [1.82, 2.24) is 19.6 Å². The zero-order chi connectivity index (χ0) is 71.0. The predicted molar refractivity (Wildman–Crippen MR) is 441 cm³/mol. The second-order valence-electron chi connectivity index (χ2n) is 22.6. The van der Waals surface area contributed by atoms with Gasteiger partial charge in [-0.1, -0.05) is 0 Å². The molecule has 12 aromatic rings. The van der Waals surface area contributed by atoms with Gasteiger partial charge >= 0.3 is 622 Å². The number of carbonyl (C=O) groups excluding carboxylic acids is 5. The van der Waals surface area contributed by atoms with Crippen LogP contribution in [0.4, 0.5) is 59.2 Å². The Labute approximate surface area is 681 Å². The molecule has 10 heterocycles. The van der Waals surface area contributed by atoms with E-state index in [0.29, 0.717) is 29.0 Å². The second-order valence-corrected chi connectivity index (χ2v) is 47.0. The third-order valence-electron chi connectivity index (χ3n) is 16.1. The molecule has 18 rings (SSSR count). The third kappa shape index (κ3) is 16.9. The molecule has 0 aliphatic carbocycles. The molecule has 0 atom stereocenters. The van der Waals surface area contributed by atoms with Crippen LogP contribution in [0.15, 0.2) is 258 Å². The number of anilines is 11. The molecular weight excluding hydrogens is 2150 g/mol. The van der Waals surface area contributed by atoms with Gasteiger partial charge < -0.3 is 0 Å². The van der Waals surface area contributed by atoms with E-state index in [-0.39, 0.29) is 138 Å². The van der Waals surface area contributed by atoms with E-state index in [1.165, 1.54) is 103 Å². The number of aldehydes is 1. The molecule has 6 aliphatic heterocycles. The normalized spacial score (nSPS) is 14.2. The first-order valence-electron chi connectivity index (χ1n) is 31.5. The summed E-state index contributed by atoms with van der Waals surface area (Å²) in [6, 6.07) is 86.5. The van der Waals surface area contributed by atoms with Gasteiger partial charge in [0.05, 0.1) is 0 Å². The summed E-state index contributed by atoms with van der Waals surface area (Å²) in [6.45, 7) is 0. The fraction of sp³-hybridized carbons (Fsp3) is 0.0641. The molecule has 24 heteroatoms. The number of benzene rings is 8. The number of nitrogens with zero attached hydrogens (tertiary/aromatic N) is 7. The molecule has 508 valence electrons. The number of para-hydroxylation sites is 8. The van der Waals surface area contributed by atoms with Gasteiger partial charge in [0.25, 0.3) is 0 Å². The Bertz CT molecular complexity index is 4920. The van der Waals surface area contributed by atoms with Gasteiger partial charge in [-0.15, -0.1) is 0 Å². The SMILES string of the molecule is CN1C(=O)C(=Cc2ccc(N3c4ccccc4[Te]c4ccccc43)[se]2)C(=O)N(C)C1=S.CN1C(=O)CC(=O)N(C)C1=S.Ic1ccc[se]1.O=Cc1ccc(N2c3ccccc3[Te]c3ccccc32)[se]1.c1c[se]c(N2c3ccccc3[Te]c3ccccc32)c1.c1ccc2c(c1)Nc1ccccc1[Te]2. The summed E-state index contributed by atoms with van der Waals surface area (Å²) in [5.74, 6) is -1.17. The molecule has 0 bridgehead atoms. The van der Waals surface area contributed by atoms with Crippen LogP contribution >= 0.6 is 47.0 Å². The topological polar surface area (TPSA) is 120 Å². The van der Waals surface area contributed by atoms with E-state index in [2.05, 4.69) is 283 Å². The summed E-state index contributed by atoms with van der Waals surface area (Å²) < 4.78 is 19.2. The van der Waals surface area contributed by atoms with Gasteiger partial charge in [-0.2, -0.15) is 0 Å². The number of fused-ring (bicyclic) bond motifs is 8. The van der Waals surface area contributed by atoms with Crippen molar-refractivity contribution in [2.75, 3.05) is 48.2 Å². The molecule has 2 saturated heterocycles. The fourth-order valence-corrected chi connectivity index (χ4v) is 30.6. The molecule has 4 aromatic heterocycles. The maximum absolute atomic E-state index is 12.7. The first-order valence-corrected chi connectivity index (χ1v) is 49.8. The van der Waals surface area contributed by atoms with Gasteiger partial charge in [0.1, 0.15) is 6.42 Å². The Hall–Kier alpha value is -5.68. The van der Waals surface area contributed by atoms with Crippen LogP contribution in [0.5, 0.6) is 0 Å². The average molecular weight is 2210 g/mol. The molecule has 13 nitrogen and oxygen atoms in total. The van der Waals surface area contributed by atoms with Crippen LogP contribution in [-0.4, -0.2) is 230 Å². The molecule has 0 unspecified atom stereocenters. The van der Waals surface area contributed by atoms with E-state index in [4.69, 9.17) is 24.4 Å². The molecule has 0 saturated carbocycles. The van der Waals surface area contributed by atoms with Crippen molar-refractivity contribution in [3.05, 3.63) is 269 Å². The van der Waals surface area contributed by atoms with Crippen molar-refractivity contribution in [2.24, 2.45) is 0 Å². The molecule has 102 heavy (non-hydrogen) atoms. The van der Waals surface area contributed by atoms with Crippen LogP contribution in [0.25, 0.3) is 6.08 Å². The Morgan fingerprint density at radius 3 is 1.07 bits per heavy atom. The van der Waals surface area contributed by atoms with Crippen molar-refractivity contribution in [3.63, 3.8) is 0 Å². The summed E-state index contributed by atoms with van der Waals surface area (Å²) in [6.07, 6.45) is 2.64. The van der Waals surface area contributed by atoms with E-state index in [9.17, 15) is 24.0 Å². The quantitative estimate of drug-likeness (QED) is 0.0341. The molecule has 4 amide bonds. The second kappa shape index (κ2) is 34.7. The third-order valence-corrected chi connectivity index (χ3v) is 39.2. The van der Waals surface area contributed by atoms with Crippen molar-refractivity contribution in [2.45, 2.75) is 6.42 Å². The molecule has 2 fully saturated rings. The monoisotopic (exact) mass is 2220 g/mol. The van der Waals surface area contributed by atoms with E-state index in [1.807, 2.05) is 12.1 Å². The van der Waals surface area contributed by atoms with Crippen molar-refractivity contribution < 1.29 is 24.0 Å². The minimum absolute atomic E-state index is 0.0409. The van der Waals surface area contributed by atoms with Gasteiger partial charge in [-0.3, -0.25) is 19.4 Å². The summed E-state index contributed by atoms with van der Waals surface area (Å²) in [5, 5.41) is 3.97. The van der Waals surface area contributed by atoms with Crippen molar-refractivity contribution >= 4 is 323 Å². The van der Waals surface area contributed by atoms with Gasteiger partial charge in [0.15, 0.2) is 5.11 Å². The number of hydrogen-bond acceptors (Lipinski definition) is 11. The van der Waals surface area contributed by atoms with Gasteiger partial charge in [0, 0.05) is 14.1 Å². The van der Waals surface area contributed by atoms with E-state index in [1.54, 1.807) is 41.5 Å². The van der Waals surface area contributed by atoms with Crippen LogP contribution in [0.1, 0.15) is 20.1 Å². The number of rotatable bonds is 5. The zero-order valence-electron chi connectivity index (χ0n) is 54.7. The Morgan fingerprint density at radius 1 is 0.382 bits per heavy atom. The number of nitrogens with one attached hydrogen (secondary N) is 1. The summed E-state index contributed by atoms with van der Waals surface area (Å²) in [7, 11) is 6.33. The minimum atomic E-state index is -0.430. The van der Waals surface area contributed by atoms with E-state index >= 15 is 0 Å². The van der Waals surface area contributed by atoms with E-state index in [0.717, 1.165) is 15.2 Å². The van der Waals surface area contributed by atoms with Gasteiger partial charge in [-0.25, -0.2) is 0 Å². The number of likely N-dealkylation sites (N-methyl/N-ethyl adjacent to an activating group) is 2. The summed E-state index contributed by atoms with van der Waals surface area (Å²) in [4.78, 5) is 75.2. The Balaban J connectivity index is 0.000000116. The predicted octanol–water partition coefficient (Wildman–Crippen LogP) is 8.30. The van der Waals surface area contributed by atoms with E-state index < -0.39 is 20.9 Å². The number of hydrogen-bond donors (Lipinski definition) is 1.